The van der Waals surface area contributed by atoms with Crippen LogP contribution in [0.3, 0.4) is 0 Å². The van der Waals surface area contributed by atoms with Crippen LogP contribution in [0.4, 0.5) is 11.4 Å². The van der Waals surface area contributed by atoms with Gasteiger partial charge in [0.2, 0.25) is 5.91 Å². The average Bonchev–Trinajstić information content (AvgIpc) is 3.63. The zero-order chi connectivity index (χ0) is 32.3. The number of fused-ring (bicyclic) bond motifs is 4. The summed E-state index contributed by atoms with van der Waals surface area (Å²) < 4.78 is 0. The molecule has 5 aromatic rings. The number of para-hydroxylation sites is 1. The molecule has 4 unspecified atom stereocenters. The third kappa shape index (κ3) is 4.18. The number of carbonyl (C=O) groups is 3. The van der Waals surface area contributed by atoms with Gasteiger partial charge in [-0.05, 0) is 53.4 Å². The lowest BCUT2D eigenvalue weighted by molar-refractivity contribution is -0.137. The van der Waals surface area contributed by atoms with E-state index in [2.05, 4.69) is 5.32 Å². The van der Waals surface area contributed by atoms with Crippen molar-refractivity contribution in [1.29, 1.82) is 0 Å². The van der Waals surface area contributed by atoms with Gasteiger partial charge in [-0.25, -0.2) is 0 Å². The van der Waals surface area contributed by atoms with Crippen molar-refractivity contribution in [1.82, 2.24) is 5.32 Å². The number of ketones is 1. The summed E-state index contributed by atoms with van der Waals surface area (Å²) in [6, 6.07) is 41.7. The minimum absolute atomic E-state index is 0.233. The lowest BCUT2D eigenvalue weighted by Gasteiger charge is -2.37. The van der Waals surface area contributed by atoms with E-state index in [-0.39, 0.29) is 17.6 Å². The molecule has 3 aliphatic rings. The Hall–Kier alpha value is -5.04. The van der Waals surface area contributed by atoms with Crippen molar-refractivity contribution in [3.63, 3.8) is 0 Å². The molecule has 5 aromatic carbocycles. The minimum Gasteiger partial charge on any atom is -0.307 e. The molecule has 2 amide bonds. The summed E-state index contributed by atoms with van der Waals surface area (Å²) in [5.41, 5.74) is 2.48. The van der Waals surface area contributed by atoms with Gasteiger partial charge in [-0.3, -0.25) is 19.7 Å². The van der Waals surface area contributed by atoms with Crippen LogP contribution in [0.2, 0.25) is 5.02 Å². The Balaban J connectivity index is 1.40. The zero-order valence-electron chi connectivity index (χ0n) is 25.8. The molecule has 3 heterocycles. The van der Waals surface area contributed by atoms with Crippen LogP contribution in [0, 0.1) is 5.92 Å². The number of nitrogens with zero attached hydrogens (tertiary/aromatic N) is 2. The van der Waals surface area contributed by atoms with E-state index in [0.29, 0.717) is 34.9 Å². The van der Waals surface area contributed by atoms with Crippen LogP contribution in [0.15, 0.2) is 133 Å². The normalized spacial score (nSPS) is 24.3. The molecule has 0 radical (unpaired) electrons. The van der Waals surface area contributed by atoms with Gasteiger partial charge in [0.25, 0.3) is 5.91 Å². The summed E-state index contributed by atoms with van der Waals surface area (Å²) in [5.74, 6) is -1.82. The van der Waals surface area contributed by atoms with Crippen molar-refractivity contribution in [3.05, 3.63) is 166 Å². The first-order chi connectivity index (χ1) is 22.9. The Labute approximate surface area is 278 Å². The number of hydrogen-bond acceptors (Lipinski definition) is 4. The summed E-state index contributed by atoms with van der Waals surface area (Å²) in [6.07, 6.45) is 0. The van der Waals surface area contributed by atoms with Crippen LogP contribution in [0.25, 0.3) is 0 Å². The molecule has 1 fully saturated rings. The van der Waals surface area contributed by atoms with Crippen molar-refractivity contribution in [2.75, 3.05) is 9.80 Å². The molecule has 47 heavy (non-hydrogen) atoms. The van der Waals surface area contributed by atoms with Crippen LogP contribution >= 0.6 is 11.6 Å². The highest BCUT2D eigenvalue weighted by molar-refractivity contribution is 6.31. The quantitative estimate of drug-likeness (QED) is 0.215. The van der Waals surface area contributed by atoms with E-state index >= 15 is 9.59 Å². The fourth-order valence-electron chi connectivity index (χ4n) is 8.38. The number of halogens is 1. The van der Waals surface area contributed by atoms with E-state index in [9.17, 15) is 4.79 Å². The van der Waals surface area contributed by atoms with E-state index in [1.165, 1.54) is 6.92 Å². The molecule has 2 spiro atoms. The molecule has 1 saturated heterocycles. The highest BCUT2D eigenvalue weighted by Gasteiger charge is 2.76. The van der Waals surface area contributed by atoms with Crippen LogP contribution < -0.4 is 15.1 Å². The number of hydrogen-bond donors (Lipinski definition) is 1. The average molecular weight is 638 g/mol. The lowest BCUT2D eigenvalue weighted by Crippen LogP contribution is -2.56. The van der Waals surface area contributed by atoms with Crippen molar-refractivity contribution >= 4 is 40.6 Å². The number of benzene rings is 5. The molecular weight excluding hydrogens is 606 g/mol. The topological polar surface area (TPSA) is 69.7 Å². The first-order valence-corrected chi connectivity index (χ1v) is 16.2. The SMILES string of the molecule is CC(=O)C1C2(NC(c3ccccc3)C13C(=O)N(Cc1ccccc1)c1ccc(Cl)cc13)C(=O)N(Cc1ccccc1)c1ccccc12. The van der Waals surface area contributed by atoms with Gasteiger partial charge in [-0.15, -0.1) is 0 Å². The summed E-state index contributed by atoms with van der Waals surface area (Å²) in [6.45, 7) is 2.14. The van der Waals surface area contributed by atoms with E-state index < -0.39 is 22.9 Å². The van der Waals surface area contributed by atoms with Crippen LogP contribution in [-0.2, 0) is 38.4 Å². The Bertz CT molecular complexity index is 2040. The third-order valence-corrected chi connectivity index (χ3v) is 10.4. The summed E-state index contributed by atoms with van der Waals surface area (Å²) in [7, 11) is 0. The highest BCUT2D eigenvalue weighted by Crippen LogP contribution is 2.65. The molecule has 4 atom stereocenters. The molecule has 0 aromatic heterocycles. The Morgan fingerprint density at radius 1 is 0.681 bits per heavy atom. The number of anilines is 2. The van der Waals surface area contributed by atoms with Crippen molar-refractivity contribution in [2.45, 2.75) is 37.0 Å². The van der Waals surface area contributed by atoms with E-state index in [1.54, 1.807) is 15.9 Å². The zero-order valence-corrected chi connectivity index (χ0v) is 26.5. The number of rotatable bonds is 6. The predicted molar refractivity (Wildman–Crippen MR) is 183 cm³/mol. The van der Waals surface area contributed by atoms with Gasteiger partial charge >= 0.3 is 0 Å². The Morgan fingerprint density at radius 2 is 1.21 bits per heavy atom. The largest absolute Gasteiger partial charge is 0.307 e. The predicted octanol–water partition coefficient (Wildman–Crippen LogP) is 7.12. The van der Waals surface area contributed by atoms with Crippen molar-refractivity contribution in [3.8, 4) is 0 Å². The Kier molecular flexibility index (Phi) is 6.90. The molecular formula is C40H32ClN3O3. The van der Waals surface area contributed by atoms with Crippen molar-refractivity contribution in [2.24, 2.45) is 5.92 Å². The van der Waals surface area contributed by atoms with Gasteiger partial charge in [0.05, 0.1) is 25.0 Å². The molecule has 6 nitrogen and oxygen atoms in total. The molecule has 0 bridgehead atoms. The molecule has 7 heteroatoms. The fourth-order valence-corrected chi connectivity index (χ4v) is 8.55. The number of Topliss-reactive ketones (excluding diaryl/α,β-unsaturated/α-hetero) is 1. The standard InChI is InChI=1S/C40H32ClN3O3/c1-26(45)35-39(32-23-30(41)21-22-34(32)43(37(39)46)24-27-13-5-2-6-14-27)36(29-17-9-4-10-18-29)42-40(35)31-19-11-12-20-33(31)44(38(40)47)25-28-15-7-3-8-16-28/h2-23,35-36,42H,24-25H2,1H3. The first-order valence-electron chi connectivity index (χ1n) is 15.8. The van der Waals surface area contributed by atoms with Gasteiger partial charge in [0.15, 0.2) is 0 Å². The fraction of sp³-hybridized carbons (Fsp3) is 0.175. The molecule has 8 rings (SSSR count). The molecule has 3 aliphatic heterocycles. The van der Waals surface area contributed by atoms with Crippen LogP contribution in [0.5, 0.6) is 0 Å². The van der Waals surface area contributed by atoms with Crippen LogP contribution in [0.1, 0.15) is 40.8 Å². The van der Waals surface area contributed by atoms with E-state index in [1.807, 2.05) is 127 Å². The third-order valence-electron chi connectivity index (χ3n) is 10.1. The second-order valence-electron chi connectivity index (χ2n) is 12.6. The maximum absolute atomic E-state index is 15.5. The van der Waals surface area contributed by atoms with Gasteiger partial charge in [-0.2, -0.15) is 0 Å². The number of amides is 2. The number of carbonyl (C=O) groups excluding carboxylic acids is 3. The van der Waals surface area contributed by atoms with E-state index in [4.69, 9.17) is 11.6 Å². The summed E-state index contributed by atoms with van der Waals surface area (Å²) in [5, 5.41) is 4.20. The molecule has 0 saturated carbocycles. The lowest BCUT2D eigenvalue weighted by atomic mass is 9.60. The van der Waals surface area contributed by atoms with Crippen molar-refractivity contribution < 1.29 is 14.4 Å². The Morgan fingerprint density at radius 3 is 1.83 bits per heavy atom. The first kappa shape index (κ1) is 29.4. The monoisotopic (exact) mass is 637 g/mol. The van der Waals surface area contributed by atoms with Gasteiger partial charge < -0.3 is 9.80 Å². The maximum atomic E-state index is 15.5. The van der Waals surface area contributed by atoms with E-state index in [0.717, 1.165) is 22.4 Å². The van der Waals surface area contributed by atoms with Gasteiger partial charge in [-0.1, -0.05) is 121 Å². The number of nitrogens with one attached hydrogen (secondary N) is 1. The summed E-state index contributed by atoms with van der Waals surface area (Å²) in [4.78, 5) is 48.7. The molecule has 1 N–H and O–H groups in total. The summed E-state index contributed by atoms with van der Waals surface area (Å²) >= 11 is 6.73. The van der Waals surface area contributed by atoms with Gasteiger partial charge in [0.1, 0.15) is 16.7 Å². The second kappa shape index (κ2) is 11.0. The molecule has 232 valence electrons. The van der Waals surface area contributed by atoms with Crippen LogP contribution in [-0.4, -0.2) is 17.6 Å². The second-order valence-corrected chi connectivity index (χ2v) is 13.1. The smallest absolute Gasteiger partial charge is 0.253 e. The highest BCUT2D eigenvalue weighted by atomic mass is 35.5. The maximum Gasteiger partial charge on any atom is 0.253 e. The molecule has 0 aliphatic carbocycles. The van der Waals surface area contributed by atoms with Gasteiger partial charge in [0, 0.05) is 22.0 Å². The minimum atomic E-state index is -1.52.